The summed E-state index contributed by atoms with van der Waals surface area (Å²) in [6.07, 6.45) is 1.61. The van der Waals surface area contributed by atoms with E-state index < -0.39 is 10.3 Å². The van der Waals surface area contributed by atoms with Gasteiger partial charge in [0.05, 0.1) is 16.4 Å². The minimum absolute atomic E-state index is 0.0963. The van der Waals surface area contributed by atoms with E-state index >= 15 is 0 Å². The molecule has 0 N–H and O–H groups in total. The van der Waals surface area contributed by atoms with Crippen LogP contribution in [-0.2, 0) is 5.41 Å². The van der Waals surface area contributed by atoms with Crippen molar-refractivity contribution in [3.8, 4) is 6.07 Å². The molecule has 0 saturated heterocycles. The molecule has 1 aromatic carbocycles. The van der Waals surface area contributed by atoms with Gasteiger partial charge in [0.15, 0.2) is 0 Å². The maximum Gasteiger partial charge on any atom is 0.287 e. The zero-order valence-corrected chi connectivity index (χ0v) is 8.49. The fourth-order valence-corrected chi connectivity index (χ4v) is 1.79. The molecular formula is C10H7ClN2O2. The monoisotopic (exact) mass is 222 g/mol. The van der Waals surface area contributed by atoms with Gasteiger partial charge in [-0.3, -0.25) is 10.1 Å². The number of nitro benzene ring substituents is 1. The molecule has 2 rings (SSSR count). The summed E-state index contributed by atoms with van der Waals surface area (Å²) >= 11 is 5.76. The Morgan fingerprint density at radius 1 is 1.53 bits per heavy atom. The SMILES string of the molecule is N#CC1(c2ccc([N+](=O)[O-])c(Cl)c2)CC1. The van der Waals surface area contributed by atoms with E-state index in [-0.39, 0.29) is 10.7 Å². The van der Waals surface area contributed by atoms with Crippen molar-refractivity contribution in [1.82, 2.24) is 0 Å². The molecule has 0 amide bonds. The number of benzene rings is 1. The lowest BCUT2D eigenvalue weighted by Crippen LogP contribution is -2.02. The zero-order valence-electron chi connectivity index (χ0n) is 7.74. The number of nitrogens with zero attached hydrogens (tertiary/aromatic N) is 2. The summed E-state index contributed by atoms with van der Waals surface area (Å²) in [6, 6.07) is 6.71. The van der Waals surface area contributed by atoms with E-state index in [1.807, 2.05) is 0 Å². The van der Waals surface area contributed by atoms with E-state index in [1.54, 1.807) is 6.07 Å². The van der Waals surface area contributed by atoms with Crippen LogP contribution in [0.25, 0.3) is 0 Å². The van der Waals surface area contributed by atoms with Gasteiger partial charge in [-0.25, -0.2) is 0 Å². The van der Waals surface area contributed by atoms with Crippen molar-refractivity contribution < 1.29 is 4.92 Å². The molecule has 1 aromatic rings. The third-order valence-electron chi connectivity index (χ3n) is 2.66. The van der Waals surface area contributed by atoms with Crippen molar-refractivity contribution in [2.45, 2.75) is 18.3 Å². The van der Waals surface area contributed by atoms with E-state index in [1.165, 1.54) is 12.1 Å². The van der Waals surface area contributed by atoms with Crippen LogP contribution in [0.4, 0.5) is 5.69 Å². The Hall–Kier alpha value is -1.60. The van der Waals surface area contributed by atoms with Crippen molar-refractivity contribution in [3.63, 3.8) is 0 Å². The van der Waals surface area contributed by atoms with Gasteiger partial charge in [-0.1, -0.05) is 17.7 Å². The van der Waals surface area contributed by atoms with Gasteiger partial charge in [0.2, 0.25) is 0 Å². The Kier molecular flexibility index (Phi) is 2.13. The van der Waals surface area contributed by atoms with Crippen LogP contribution < -0.4 is 0 Å². The van der Waals surface area contributed by atoms with Crippen molar-refractivity contribution in [1.29, 1.82) is 5.26 Å². The predicted molar refractivity (Wildman–Crippen MR) is 54.6 cm³/mol. The molecule has 0 aromatic heterocycles. The minimum atomic E-state index is -0.530. The lowest BCUT2D eigenvalue weighted by Gasteiger charge is -2.05. The standard InChI is InChI=1S/C10H7ClN2O2/c11-8-5-7(10(6-12)3-4-10)1-2-9(8)13(14)15/h1-2,5H,3-4H2. The minimum Gasteiger partial charge on any atom is -0.258 e. The first-order valence-corrected chi connectivity index (χ1v) is 4.82. The number of rotatable bonds is 2. The molecule has 5 heteroatoms. The van der Waals surface area contributed by atoms with Crippen LogP contribution in [-0.4, -0.2) is 4.92 Å². The van der Waals surface area contributed by atoms with Gasteiger partial charge in [-0.05, 0) is 24.5 Å². The number of nitriles is 1. The molecule has 0 atom stereocenters. The second-order valence-corrected chi connectivity index (χ2v) is 4.02. The van der Waals surface area contributed by atoms with E-state index in [9.17, 15) is 10.1 Å². The lowest BCUT2D eigenvalue weighted by molar-refractivity contribution is -0.384. The topological polar surface area (TPSA) is 66.9 Å². The van der Waals surface area contributed by atoms with Gasteiger partial charge >= 0.3 is 0 Å². The summed E-state index contributed by atoms with van der Waals surface area (Å²) < 4.78 is 0. The fraction of sp³-hybridized carbons (Fsp3) is 0.300. The zero-order chi connectivity index (χ0) is 11.1. The van der Waals surface area contributed by atoms with Crippen molar-refractivity contribution in [2.75, 3.05) is 0 Å². The Bertz CT molecular complexity index is 475. The number of hydrogen-bond donors (Lipinski definition) is 0. The van der Waals surface area contributed by atoms with E-state index in [0.29, 0.717) is 0 Å². The Balaban J connectivity index is 2.43. The molecule has 1 saturated carbocycles. The first-order valence-electron chi connectivity index (χ1n) is 4.45. The summed E-state index contributed by atoms with van der Waals surface area (Å²) in [6.45, 7) is 0. The maximum atomic E-state index is 10.5. The van der Waals surface area contributed by atoms with Gasteiger partial charge in [0.1, 0.15) is 5.02 Å². The molecule has 1 aliphatic rings. The smallest absolute Gasteiger partial charge is 0.258 e. The van der Waals surface area contributed by atoms with Gasteiger partial charge in [0.25, 0.3) is 5.69 Å². The van der Waals surface area contributed by atoms with Gasteiger partial charge in [0, 0.05) is 6.07 Å². The Morgan fingerprint density at radius 2 is 2.20 bits per heavy atom. The van der Waals surface area contributed by atoms with Crippen LogP contribution >= 0.6 is 11.6 Å². The quantitative estimate of drug-likeness (QED) is 0.571. The molecule has 4 nitrogen and oxygen atoms in total. The maximum absolute atomic E-state index is 10.5. The Morgan fingerprint density at radius 3 is 2.60 bits per heavy atom. The molecule has 0 unspecified atom stereocenters. The molecule has 1 aliphatic carbocycles. The highest BCUT2D eigenvalue weighted by Gasteiger charge is 2.45. The summed E-state index contributed by atoms with van der Waals surface area (Å²) in [5.74, 6) is 0. The average Bonchev–Trinajstić information content (AvgIpc) is 2.97. The largest absolute Gasteiger partial charge is 0.287 e. The number of halogens is 1. The average molecular weight is 223 g/mol. The van der Waals surface area contributed by atoms with Crippen LogP contribution in [0.5, 0.6) is 0 Å². The van der Waals surface area contributed by atoms with Crippen LogP contribution in [0.2, 0.25) is 5.02 Å². The second kappa shape index (κ2) is 3.21. The van der Waals surface area contributed by atoms with Crippen LogP contribution in [0.1, 0.15) is 18.4 Å². The predicted octanol–water partition coefficient (Wildman–Crippen LogP) is 2.80. The van der Waals surface area contributed by atoms with Gasteiger partial charge < -0.3 is 0 Å². The van der Waals surface area contributed by atoms with Crippen LogP contribution in [0.15, 0.2) is 18.2 Å². The summed E-state index contributed by atoms with van der Waals surface area (Å²) in [4.78, 5) is 9.99. The first-order chi connectivity index (χ1) is 7.09. The first kappa shape index (κ1) is 9.94. The highest BCUT2D eigenvalue weighted by Crippen LogP contribution is 2.48. The third-order valence-corrected chi connectivity index (χ3v) is 2.96. The molecule has 76 valence electrons. The number of nitro groups is 1. The second-order valence-electron chi connectivity index (χ2n) is 3.62. The molecular weight excluding hydrogens is 216 g/mol. The highest BCUT2D eigenvalue weighted by molar-refractivity contribution is 6.32. The molecule has 0 spiro atoms. The van der Waals surface area contributed by atoms with Crippen molar-refractivity contribution >= 4 is 17.3 Å². The summed E-state index contributed by atoms with van der Waals surface area (Å²) in [7, 11) is 0. The normalized spacial score (nSPS) is 16.8. The molecule has 1 fully saturated rings. The fourth-order valence-electron chi connectivity index (χ4n) is 1.54. The summed E-state index contributed by atoms with van der Waals surface area (Å²) in [5.41, 5.74) is 0.216. The third kappa shape index (κ3) is 1.55. The van der Waals surface area contributed by atoms with Crippen molar-refractivity contribution in [2.24, 2.45) is 0 Å². The molecule has 15 heavy (non-hydrogen) atoms. The lowest BCUT2D eigenvalue weighted by atomic mass is 9.98. The van der Waals surface area contributed by atoms with Crippen molar-refractivity contribution in [3.05, 3.63) is 38.9 Å². The molecule has 0 aliphatic heterocycles. The summed E-state index contributed by atoms with van der Waals surface area (Å²) in [5, 5.41) is 19.6. The molecule has 0 heterocycles. The van der Waals surface area contributed by atoms with E-state index in [2.05, 4.69) is 6.07 Å². The van der Waals surface area contributed by atoms with Crippen LogP contribution in [0.3, 0.4) is 0 Å². The van der Waals surface area contributed by atoms with E-state index in [4.69, 9.17) is 16.9 Å². The molecule has 0 bridgehead atoms. The van der Waals surface area contributed by atoms with Crippen LogP contribution in [0, 0.1) is 21.4 Å². The van der Waals surface area contributed by atoms with Gasteiger partial charge in [-0.2, -0.15) is 5.26 Å². The highest BCUT2D eigenvalue weighted by atomic mass is 35.5. The van der Waals surface area contributed by atoms with E-state index in [0.717, 1.165) is 18.4 Å². The van der Waals surface area contributed by atoms with Gasteiger partial charge in [-0.15, -0.1) is 0 Å². The molecule has 0 radical (unpaired) electrons. The number of hydrogen-bond acceptors (Lipinski definition) is 3. The Labute approximate surface area is 91.2 Å².